The van der Waals surface area contributed by atoms with Gasteiger partial charge in [0.2, 0.25) is 0 Å². The summed E-state index contributed by atoms with van der Waals surface area (Å²) in [4.78, 5) is 0. The summed E-state index contributed by atoms with van der Waals surface area (Å²) in [5.41, 5.74) is 4.99. The molecule has 0 atom stereocenters. The van der Waals surface area contributed by atoms with Crippen molar-refractivity contribution in [3.8, 4) is 11.5 Å². The van der Waals surface area contributed by atoms with E-state index in [4.69, 9.17) is 0 Å². The standard InChI is InChI=1S/C27H32O2/c1-26(2,3)21-16-19(12-14-23(21)28)25(18-10-8-7-9-11-18)20-13-15-24(29)22(17-20)27(4,5)6/h7-17,25,28-29H,1-6H3. The van der Waals surface area contributed by atoms with Gasteiger partial charge in [0, 0.05) is 5.92 Å². The fourth-order valence-electron chi connectivity index (χ4n) is 3.89. The molecule has 0 aromatic heterocycles. The number of rotatable bonds is 3. The van der Waals surface area contributed by atoms with E-state index in [1.165, 1.54) is 5.56 Å². The zero-order chi connectivity index (χ0) is 21.4. The first kappa shape index (κ1) is 21.0. The Morgan fingerprint density at radius 3 is 1.34 bits per heavy atom. The summed E-state index contributed by atoms with van der Waals surface area (Å²) in [6.45, 7) is 12.7. The number of hydrogen-bond donors (Lipinski definition) is 2. The number of aromatic hydroxyl groups is 2. The van der Waals surface area contributed by atoms with Crippen LogP contribution in [-0.4, -0.2) is 10.2 Å². The molecular formula is C27H32O2. The van der Waals surface area contributed by atoms with Crippen LogP contribution in [0.3, 0.4) is 0 Å². The van der Waals surface area contributed by atoms with Crippen LogP contribution in [-0.2, 0) is 10.8 Å². The minimum atomic E-state index is -0.160. The Morgan fingerprint density at radius 2 is 0.966 bits per heavy atom. The van der Waals surface area contributed by atoms with E-state index < -0.39 is 0 Å². The molecule has 2 N–H and O–H groups in total. The SMILES string of the molecule is CC(C)(C)c1cc(C(c2ccccc2)c2ccc(O)c(C(C)(C)C)c2)ccc1O. The maximum Gasteiger partial charge on any atom is 0.119 e. The lowest BCUT2D eigenvalue weighted by Gasteiger charge is -2.26. The molecular weight excluding hydrogens is 356 g/mol. The van der Waals surface area contributed by atoms with E-state index in [1.54, 1.807) is 12.1 Å². The van der Waals surface area contributed by atoms with Crippen LogP contribution in [0.25, 0.3) is 0 Å². The van der Waals surface area contributed by atoms with Gasteiger partial charge in [0.05, 0.1) is 0 Å². The van der Waals surface area contributed by atoms with Crippen molar-refractivity contribution < 1.29 is 10.2 Å². The highest BCUT2D eigenvalue weighted by molar-refractivity contribution is 5.51. The molecule has 0 aliphatic heterocycles. The van der Waals surface area contributed by atoms with Gasteiger partial charge in [-0.2, -0.15) is 0 Å². The van der Waals surface area contributed by atoms with Crippen LogP contribution in [0, 0.1) is 0 Å². The molecule has 3 aromatic carbocycles. The molecule has 0 unspecified atom stereocenters. The van der Waals surface area contributed by atoms with Crippen LogP contribution >= 0.6 is 0 Å². The van der Waals surface area contributed by atoms with Gasteiger partial charge in [-0.15, -0.1) is 0 Å². The topological polar surface area (TPSA) is 40.5 Å². The van der Waals surface area contributed by atoms with Crippen molar-refractivity contribution >= 4 is 0 Å². The van der Waals surface area contributed by atoms with Gasteiger partial charge in [-0.3, -0.25) is 0 Å². The van der Waals surface area contributed by atoms with Gasteiger partial charge in [-0.05, 0) is 50.8 Å². The normalized spacial score (nSPS) is 12.4. The first-order valence-electron chi connectivity index (χ1n) is 10.2. The molecule has 0 bridgehead atoms. The van der Waals surface area contributed by atoms with Gasteiger partial charge < -0.3 is 10.2 Å². The summed E-state index contributed by atoms with van der Waals surface area (Å²) in [5, 5.41) is 20.9. The van der Waals surface area contributed by atoms with E-state index in [1.807, 2.05) is 18.2 Å². The van der Waals surface area contributed by atoms with E-state index >= 15 is 0 Å². The molecule has 0 aliphatic carbocycles. The minimum absolute atomic E-state index is 0.0135. The Bertz CT molecular complexity index is 926. The first-order chi connectivity index (χ1) is 13.5. The molecule has 0 aliphatic rings. The lowest BCUT2D eigenvalue weighted by molar-refractivity contribution is 0.446. The van der Waals surface area contributed by atoms with Gasteiger partial charge in [-0.25, -0.2) is 0 Å². The second-order valence-corrected chi connectivity index (χ2v) is 9.90. The molecule has 152 valence electrons. The first-order valence-corrected chi connectivity index (χ1v) is 10.2. The second kappa shape index (κ2) is 7.59. The quantitative estimate of drug-likeness (QED) is 0.480. The molecule has 2 nitrogen and oxygen atoms in total. The van der Waals surface area contributed by atoms with Crippen LogP contribution in [0.4, 0.5) is 0 Å². The van der Waals surface area contributed by atoms with Crippen LogP contribution in [0.1, 0.15) is 75.3 Å². The maximum atomic E-state index is 10.4. The van der Waals surface area contributed by atoms with Crippen molar-refractivity contribution in [2.45, 2.75) is 58.3 Å². The van der Waals surface area contributed by atoms with Gasteiger partial charge in [0.1, 0.15) is 11.5 Å². The number of hydrogen-bond acceptors (Lipinski definition) is 2. The predicted octanol–water partition coefficient (Wildman–Crippen LogP) is 6.87. The van der Waals surface area contributed by atoms with E-state index in [2.05, 4.69) is 77.9 Å². The van der Waals surface area contributed by atoms with E-state index in [9.17, 15) is 10.2 Å². The molecule has 3 aromatic rings. The lowest BCUT2D eigenvalue weighted by Crippen LogP contribution is -2.14. The van der Waals surface area contributed by atoms with E-state index in [-0.39, 0.29) is 16.7 Å². The van der Waals surface area contributed by atoms with Crippen LogP contribution < -0.4 is 0 Å². The van der Waals surface area contributed by atoms with Crippen LogP contribution in [0.5, 0.6) is 11.5 Å². The number of phenols is 2. The molecule has 0 amide bonds. The molecule has 0 spiro atoms. The van der Waals surface area contributed by atoms with Gasteiger partial charge in [0.15, 0.2) is 0 Å². The Labute approximate surface area is 174 Å². The smallest absolute Gasteiger partial charge is 0.119 e. The fraction of sp³-hybridized carbons (Fsp3) is 0.333. The Balaban J connectivity index is 2.24. The summed E-state index contributed by atoms with van der Waals surface area (Å²) in [6.07, 6.45) is 0. The lowest BCUT2D eigenvalue weighted by atomic mass is 9.78. The zero-order valence-electron chi connectivity index (χ0n) is 18.3. The highest BCUT2D eigenvalue weighted by atomic mass is 16.3. The fourth-order valence-corrected chi connectivity index (χ4v) is 3.89. The van der Waals surface area contributed by atoms with Gasteiger partial charge >= 0.3 is 0 Å². The molecule has 0 radical (unpaired) electrons. The minimum Gasteiger partial charge on any atom is -0.508 e. The third kappa shape index (κ3) is 4.48. The average Bonchev–Trinajstić information content (AvgIpc) is 2.63. The molecule has 0 saturated carbocycles. The second-order valence-electron chi connectivity index (χ2n) is 9.90. The summed E-state index contributed by atoms with van der Waals surface area (Å²) < 4.78 is 0. The molecule has 2 heteroatoms. The number of benzene rings is 3. The highest BCUT2D eigenvalue weighted by Crippen LogP contribution is 2.40. The predicted molar refractivity (Wildman–Crippen MR) is 121 cm³/mol. The number of phenolic OH excluding ortho intramolecular Hbond substituents is 2. The van der Waals surface area contributed by atoms with E-state index in [0.717, 1.165) is 22.3 Å². The van der Waals surface area contributed by atoms with Crippen molar-refractivity contribution in [2.75, 3.05) is 0 Å². The Kier molecular flexibility index (Phi) is 5.49. The van der Waals surface area contributed by atoms with Crippen LogP contribution in [0.15, 0.2) is 66.7 Å². The third-order valence-corrected chi connectivity index (χ3v) is 5.46. The molecule has 0 heterocycles. The summed E-state index contributed by atoms with van der Waals surface area (Å²) in [6, 6.07) is 22.3. The Morgan fingerprint density at radius 1 is 0.552 bits per heavy atom. The monoisotopic (exact) mass is 388 g/mol. The van der Waals surface area contributed by atoms with Crippen molar-refractivity contribution in [3.05, 3.63) is 94.5 Å². The third-order valence-electron chi connectivity index (χ3n) is 5.46. The van der Waals surface area contributed by atoms with Crippen molar-refractivity contribution in [1.82, 2.24) is 0 Å². The Hall–Kier alpha value is -2.74. The van der Waals surface area contributed by atoms with Gasteiger partial charge in [0.25, 0.3) is 0 Å². The maximum absolute atomic E-state index is 10.4. The molecule has 29 heavy (non-hydrogen) atoms. The van der Waals surface area contributed by atoms with Crippen molar-refractivity contribution in [2.24, 2.45) is 0 Å². The summed E-state index contributed by atoms with van der Waals surface area (Å²) in [5.74, 6) is 0.669. The molecule has 3 rings (SSSR count). The summed E-state index contributed by atoms with van der Waals surface area (Å²) in [7, 11) is 0. The zero-order valence-corrected chi connectivity index (χ0v) is 18.3. The molecule has 0 saturated heterocycles. The largest absolute Gasteiger partial charge is 0.508 e. The van der Waals surface area contributed by atoms with Crippen molar-refractivity contribution in [3.63, 3.8) is 0 Å². The van der Waals surface area contributed by atoms with Crippen molar-refractivity contribution in [1.29, 1.82) is 0 Å². The average molecular weight is 389 g/mol. The summed E-state index contributed by atoms with van der Waals surface area (Å²) >= 11 is 0. The molecule has 0 fully saturated rings. The van der Waals surface area contributed by atoms with Gasteiger partial charge in [-0.1, -0.05) is 96.1 Å². The van der Waals surface area contributed by atoms with Crippen LogP contribution in [0.2, 0.25) is 0 Å². The highest BCUT2D eigenvalue weighted by Gasteiger charge is 2.25. The van der Waals surface area contributed by atoms with E-state index in [0.29, 0.717) is 11.5 Å².